The summed E-state index contributed by atoms with van der Waals surface area (Å²) in [4.78, 5) is 26.8. The van der Waals surface area contributed by atoms with Gasteiger partial charge in [-0.3, -0.25) is 14.5 Å². The van der Waals surface area contributed by atoms with E-state index in [9.17, 15) is 9.59 Å². The minimum Gasteiger partial charge on any atom is -0.493 e. The zero-order chi connectivity index (χ0) is 21.7. The fourth-order valence-electron chi connectivity index (χ4n) is 2.83. The van der Waals surface area contributed by atoms with Gasteiger partial charge in [0.25, 0.3) is 11.8 Å². The van der Waals surface area contributed by atoms with Gasteiger partial charge in [0.1, 0.15) is 4.32 Å². The molecule has 0 spiro atoms. The van der Waals surface area contributed by atoms with Gasteiger partial charge in [-0.1, -0.05) is 48.2 Å². The van der Waals surface area contributed by atoms with Crippen LogP contribution in [0.3, 0.4) is 0 Å². The summed E-state index contributed by atoms with van der Waals surface area (Å²) in [6.45, 7) is 3.70. The molecule has 6 nitrogen and oxygen atoms in total. The highest BCUT2D eigenvalue weighted by atomic mass is 32.2. The summed E-state index contributed by atoms with van der Waals surface area (Å²) in [5.74, 6) is 0.532. The highest BCUT2D eigenvalue weighted by Gasteiger charge is 2.33. The van der Waals surface area contributed by atoms with Crippen LogP contribution in [-0.4, -0.2) is 40.8 Å². The molecule has 8 heteroatoms. The molecule has 156 valence electrons. The van der Waals surface area contributed by atoms with E-state index in [0.29, 0.717) is 26.4 Å². The zero-order valence-corrected chi connectivity index (χ0v) is 18.5. The highest BCUT2D eigenvalue weighted by Crippen LogP contribution is 2.35. The largest absolute Gasteiger partial charge is 0.493 e. The molecule has 0 atom stereocenters. The van der Waals surface area contributed by atoms with Crippen molar-refractivity contribution in [3.8, 4) is 11.5 Å². The molecular weight excluding hydrogens is 420 g/mol. The Bertz CT molecular complexity index is 990. The molecule has 1 aliphatic heterocycles. The van der Waals surface area contributed by atoms with Gasteiger partial charge in [-0.15, -0.1) is 0 Å². The first-order valence-electron chi connectivity index (χ1n) is 9.32. The summed E-state index contributed by atoms with van der Waals surface area (Å²) >= 11 is 6.59. The smallest absolute Gasteiger partial charge is 0.266 e. The predicted molar refractivity (Wildman–Crippen MR) is 124 cm³/mol. The van der Waals surface area contributed by atoms with Gasteiger partial charge in [0.15, 0.2) is 18.1 Å². The number of hydrogen-bond donors (Lipinski definition) is 1. The van der Waals surface area contributed by atoms with Crippen molar-refractivity contribution < 1.29 is 19.1 Å². The van der Waals surface area contributed by atoms with Crippen LogP contribution < -0.4 is 14.8 Å². The molecule has 30 heavy (non-hydrogen) atoms. The lowest BCUT2D eigenvalue weighted by Crippen LogP contribution is -2.34. The summed E-state index contributed by atoms with van der Waals surface area (Å²) in [6, 6.07) is 14.4. The molecule has 0 radical (unpaired) electrons. The summed E-state index contributed by atoms with van der Waals surface area (Å²) in [7, 11) is 1.52. The van der Waals surface area contributed by atoms with E-state index in [1.165, 1.54) is 18.9 Å². The normalized spacial score (nSPS) is 15.1. The molecule has 0 aromatic heterocycles. The maximum Gasteiger partial charge on any atom is 0.266 e. The van der Waals surface area contributed by atoms with Crippen LogP contribution in [0.5, 0.6) is 11.5 Å². The molecule has 1 aliphatic rings. The number of ether oxygens (including phenoxy) is 2. The van der Waals surface area contributed by atoms with Gasteiger partial charge in [-0.05, 0) is 49.8 Å². The lowest BCUT2D eigenvalue weighted by atomic mass is 10.1. The van der Waals surface area contributed by atoms with Crippen molar-refractivity contribution in [3.05, 3.63) is 59.0 Å². The van der Waals surface area contributed by atoms with Crippen molar-refractivity contribution in [3.63, 3.8) is 0 Å². The third-order valence-corrected chi connectivity index (χ3v) is 5.57. The van der Waals surface area contributed by atoms with Crippen molar-refractivity contribution in [2.45, 2.75) is 19.9 Å². The Balaban J connectivity index is 1.68. The molecular formula is C22H22N2O4S2. The Morgan fingerprint density at radius 2 is 1.93 bits per heavy atom. The number of amides is 2. The van der Waals surface area contributed by atoms with Crippen LogP contribution in [0.15, 0.2) is 53.4 Å². The Hall–Kier alpha value is -2.84. The Morgan fingerprint density at radius 1 is 1.20 bits per heavy atom. The van der Waals surface area contributed by atoms with Gasteiger partial charge >= 0.3 is 0 Å². The van der Waals surface area contributed by atoms with Crippen molar-refractivity contribution >= 4 is 51.9 Å². The number of methoxy groups -OCH3 is 1. The number of thioether (sulfide) groups is 1. The average molecular weight is 443 g/mol. The summed E-state index contributed by atoms with van der Waals surface area (Å²) in [5.41, 5.74) is 1.48. The quantitative estimate of drug-likeness (QED) is 0.509. The Kier molecular flexibility index (Phi) is 7.12. The van der Waals surface area contributed by atoms with Crippen molar-refractivity contribution in [2.75, 3.05) is 19.0 Å². The van der Waals surface area contributed by atoms with Gasteiger partial charge in [0.2, 0.25) is 0 Å². The van der Waals surface area contributed by atoms with Crippen LogP contribution in [-0.2, 0) is 9.59 Å². The number of benzene rings is 2. The predicted octanol–water partition coefficient (Wildman–Crippen LogP) is 4.32. The third kappa shape index (κ3) is 5.20. The first-order valence-corrected chi connectivity index (χ1v) is 10.5. The highest BCUT2D eigenvalue weighted by molar-refractivity contribution is 8.26. The van der Waals surface area contributed by atoms with Crippen molar-refractivity contribution in [2.24, 2.45) is 0 Å². The molecule has 0 saturated carbocycles. The molecule has 0 aliphatic carbocycles. The van der Waals surface area contributed by atoms with E-state index >= 15 is 0 Å². The fourth-order valence-corrected chi connectivity index (χ4v) is 4.36. The third-order valence-electron chi connectivity index (χ3n) is 4.24. The molecule has 1 N–H and O–H groups in total. The van der Waals surface area contributed by atoms with Gasteiger partial charge in [0.05, 0.1) is 12.0 Å². The number of hydrogen-bond acceptors (Lipinski definition) is 6. The van der Waals surface area contributed by atoms with Crippen LogP contribution in [0, 0.1) is 0 Å². The molecule has 1 heterocycles. The van der Waals surface area contributed by atoms with E-state index in [1.807, 2.05) is 32.0 Å². The second-order valence-corrected chi connectivity index (χ2v) is 8.43. The number of anilines is 1. The van der Waals surface area contributed by atoms with Crippen LogP contribution in [0.25, 0.3) is 6.08 Å². The molecule has 2 aromatic carbocycles. The lowest BCUT2D eigenvalue weighted by molar-refractivity contribution is -0.123. The second kappa shape index (κ2) is 9.77. The van der Waals surface area contributed by atoms with Gasteiger partial charge in [-0.2, -0.15) is 0 Å². The second-order valence-electron chi connectivity index (χ2n) is 6.76. The Labute approximate surface area is 185 Å². The van der Waals surface area contributed by atoms with E-state index in [4.69, 9.17) is 21.7 Å². The number of carbonyl (C=O) groups excluding carboxylic acids is 2. The van der Waals surface area contributed by atoms with E-state index < -0.39 is 0 Å². The number of thiocarbonyl (C=S) groups is 1. The molecule has 0 unspecified atom stereocenters. The molecule has 2 aromatic rings. The van der Waals surface area contributed by atoms with Crippen LogP contribution >= 0.6 is 24.0 Å². The van der Waals surface area contributed by atoms with E-state index in [1.54, 1.807) is 41.3 Å². The molecule has 1 saturated heterocycles. The van der Waals surface area contributed by atoms with Crippen LogP contribution in [0.2, 0.25) is 0 Å². The minimum atomic E-state index is -0.273. The van der Waals surface area contributed by atoms with Gasteiger partial charge < -0.3 is 14.8 Å². The number of para-hydroxylation sites is 1. The van der Waals surface area contributed by atoms with Crippen molar-refractivity contribution in [1.82, 2.24) is 4.90 Å². The fraction of sp³-hybridized carbons (Fsp3) is 0.227. The first-order chi connectivity index (χ1) is 14.4. The SMILES string of the molecule is COc1cc(/C=C2\SC(=S)N(C(C)C)C2=O)ccc1OCC(=O)Nc1ccccc1. The lowest BCUT2D eigenvalue weighted by Gasteiger charge is -2.18. The number of nitrogens with one attached hydrogen (secondary N) is 1. The first kappa shape index (κ1) is 21.9. The van der Waals surface area contributed by atoms with Crippen LogP contribution in [0.4, 0.5) is 5.69 Å². The summed E-state index contributed by atoms with van der Waals surface area (Å²) < 4.78 is 11.6. The summed E-state index contributed by atoms with van der Waals surface area (Å²) in [6.07, 6.45) is 1.77. The molecule has 0 bridgehead atoms. The average Bonchev–Trinajstić information content (AvgIpc) is 3.00. The molecule has 2 amide bonds. The summed E-state index contributed by atoms with van der Waals surface area (Å²) in [5, 5.41) is 2.76. The monoisotopic (exact) mass is 442 g/mol. The standard InChI is InChI=1S/C22H22N2O4S2/c1-14(2)24-21(26)19(30-22(24)29)12-15-9-10-17(18(11-15)27-3)28-13-20(25)23-16-7-5-4-6-8-16/h4-12,14H,13H2,1-3H3,(H,23,25)/b19-12-. The van der Waals surface area contributed by atoms with Crippen LogP contribution in [0.1, 0.15) is 19.4 Å². The molecule has 1 fully saturated rings. The maximum absolute atomic E-state index is 12.6. The minimum absolute atomic E-state index is 0.00995. The molecule has 3 rings (SSSR count). The van der Waals surface area contributed by atoms with E-state index in [0.717, 1.165) is 5.56 Å². The van der Waals surface area contributed by atoms with Gasteiger partial charge in [-0.25, -0.2) is 0 Å². The number of nitrogens with zero attached hydrogens (tertiary/aromatic N) is 1. The maximum atomic E-state index is 12.6. The van der Waals surface area contributed by atoms with Gasteiger partial charge in [0, 0.05) is 11.7 Å². The van der Waals surface area contributed by atoms with E-state index in [2.05, 4.69) is 5.32 Å². The zero-order valence-electron chi connectivity index (χ0n) is 16.9. The Morgan fingerprint density at radius 3 is 2.57 bits per heavy atom. The topological polar surface area (TPSA) is 67.9 Å². The van der Waals surface area contributed by atoms with Crippen molar-refractivity contribution in [1.29, 1.82) is 0 Å². The number of rotatable bonds is 7. The van der Waals surface area contributed by atoms with E-state index in [-0.39, 0.29) is 24.5 Å². The number of carbonyl (C=O) groups is 2.